The Balaban J connectivity index is 0. The number of carbonyl (C=O) groups excluding carboxylic acids is 1. The van der Waals surface area contributed by atoms with Crippen molar-refractivity contribution < 1.29 is 55.8 Å². The van der Waals surface area contributed by atoms with Crippen LogP contribution in [0.15, 0.2) is 47.4 Å². The van der Waals surface area contributed by atoms with Gasteiger partial charge in [-0.05, 0) is 42.3 Å². The third-order valence-corrected chi connectivity index (χ3v) is 7.10. The number of hydrogen-bond donors (Lipinski definition) is 3. The molecule has 1 aliphatic heterocycles. The van der Waals surface area contributed by atoms with Gasteiger partial charge in [0, 0.05) is 50.7 Å². The third-order valence-electron chi connectivity index (χ3n) is 4.73. The maximum absolute atomic E-state index is 13.5. The second kappa shape index (κ2) is 20.7. The zero-order valence-corrected chi connectivity index (χ0v) is 29.1. The Bertz CT molecular complexity index is 1130. The standard InChI is InChI=1S/C18H20ClN3O3S2.C4H10.C3H6O2.C2H6.Y/c1-20-18-13-4-2-3-5-15(13)22(9-8-21-17(23)11-26)27(24,25)16-10-12(19)6-7-14(16)18;1-4(2)3;1-2-3(4)5;1-2;/h2-7,10,18,20,26H,8-9,11H2,1H3,(H,21,23);4H,1-3H3;2H2,1H3,(H,4,5);1-2H3;/p-1. The fourth-order valence-electron chi connectivity index (χ4n) is 3.24. The van der Waals surface area contributed by atoms with Crippen LogP contribution in [0.2, 0.25) is 5.02 Å². The zero-order valence-electron chi connectivity index (χ0n) is 23.8. The number of nitrogens with one attached hydrogen (secondary N) is 2. The second-order valence-corrected chi connectivity index (χ2v) is 11.1. The Morgan fingerprint density at radius 1 is 1.10 bits per heavy atom. The van der Waals surface area contributed by atoms with Gasteiger partial charge in [0.05, 0.1) is 23.2 Å². The van der Waals surface area contributed by atoms with Crippen molar-refractivity contribution in [1.29, 1.82) is 0 Å². The van der Waals surface area contributed by atoms with E-state index in [-0.39, 0.29) is 74.8 Å². The van der Waals surface area contributed by atoms with E-state index < -0.39 is 16.0 Å². The fraction of sp³-hybridized carbons (Fsp3) is 0.481. The molecule has 3 N–H and O–H groups in total. The van der Waals surface area contributed by atoms with Crippen LogP contribution in [0.4, 0.5) is 5.69 Å². The van der Waals surface area contributed by atoms with E-state index in [1.54, 1.807) is 38.2 Å². The molecule has 1 amide bonds. The second-order valence-electron chi connectivity index (χ2n) is 8.51. The molecule has 0 saturated carbocycles. The molecule has 1 aliphatic rings. The minimum Gasteiger partial charge on any atom is -0.783 e. The molecule has 0 spiro atoms. The van der Waals surface area contributed by atoms with Crippen molar-refractivity contribution in [2.45, 2.75) is 58.9 Å². The largest absolute Gasteiger partial charge is 0.783 e. The number of carboxylic acid groups (broad SMARTS) is 1. The first kappa shape index (κ1) is 40.0. The zero-order chi connectivity index (χ0) is 29.5. The number of sulfonamides is 1. The van der Waals surface area contributed by atoms with Gasteiger partial charge in [-0.15, -0.1) is 0 Å². The summed E-state index contributed by atoms with van der Waals surface area (Å²) in [6.07, 6.45) is 0.222. The molecule has 12 heteroatoms. The number of nitrogens with zero attached hydrogens (tertiary/aromatic N) is 1. The number of halogens is 1. The predicted octanol–water partition coefficient (Wildman–Crippen LogP) is 4.99. The Hall–Kier alpha value is -1.17. The molecule has 2 aromatic carbocycles. The van der Waals surface area contributed by atoms with Crippen molar-refractivity contribution in [1.82, 2.24) is 10.6 Å². The molecule has 1 atom stereocenters. The molecule has 1 radical (unpaired) electrons. The molecule has 39 heavy (non-hydrogen) atoms. The van der Waals surface area contributed by atoms with E-state index in [2.05, 4.69) is 31.4 Å². The van der Waals surface area contributed by atoms with Crippen LogP contribution in [-0.4, -0.2) is 51.3 Å². The normalized spacial score (nSPS) is 14.2. The summed E-state index contributed by atoms with van der Waals surface area (Å²) in [7, 11) is -2.09. The maximum Gasteiger partial charge on any atom is 0.303 e. The van der Waals surface area contributed by atoms with Crippen molar-refractivity contribution >= 4 is 51.8 Å². The number of benzene rings is 2. The molecule has 0 fully saturated rings. The molecule has 0 aromatic heterocycles. The minimum atomic E-state index is -3.87. The van der Waals surface area contributed by atoms with E-state index in [1.807, 2.05) is 26.0 Å². The van der Waals surface area contributed by atoms with Gasteiger partial charge in [-0.2, -0.15) is 0 Å². The van der Waals surface area contributed by atoms with E-state index in [9.17, 15) is 18.0 Å². The van der Waals surface area contributed by atoms with Crippen LogP contribution in [-0.2, 0) is 65.0 Å². The number of anilines is 1. The van der Waals surface area contributed by atoms with Gasteiger partial charge in [0.1, 0.15) is 0 Å². The quantitative estimate of drug-likeness (QED) is 0.370. The van der Waals surface area contributed by atoms with Crippen LogP contribution in [0.5, 0.6) is 0 Å². The molecule has 1 unspecified atom stereocenters. The summed E-state index contributed by atoms with van der Waals surface area (Å²) >= 11 is 10.8. The first-order valence-corrected chi connectivity index (χ1v) is 14.9. The van der Waals surface area contributed by atoms with E-state index >= 15 is 0 Å². The molecule has 3 rings (SSSR count). The topological polar surface area (TPSA) is 116 Å². The fourth-order valence-corrected chi connectivity index (χ4v) is 5.34. The molecule has 1 heterocycles. The van der Waals surface area contributed by atoms with Crippen LogP contribution >= 0.6 is 11.6 Å². The van der Waals surface area contributed by atoms with Crippen LogP contribution in [0.3, 0.4) is 0 Å². The number of hydrogen-bond acceptors (Lipinski definition) is 6. The number of carbonyl (C=O) groups is 2. The van der Waals surface area contributed by atoms with E-state index in [1.165, 1.54) is 10.4 Å². The average molecular weight is 676 g/mol. The van der Waals surface area contributed by atoms with Gasteiger partial charge < -0.3 is 28.4 Å². The summed E-state index contributed by atoms with van der Waals surface area (Å²) < 4.78 is 28.2. The summed E-state index contributed by atoms with van der Waals surface area (Å²) in [5, 5.41) is 13.9. The Morgan fingerprint density at radius 3 is 2.13 bits per heavy atom. The van der Waals surface area contributed by atoms with Gasteiger partial charge in [-0.25, -0.2) is 8.42 Å². The third kappa shape index (κ3) is 12.9. The molecule has 2 aromatic rings. The monoisotopic (exact) mass is 675 g/mol. The minimum absolute atomic E-state index is 0. The first-order valence-electron chi connectivity index (χ1n) is 12.6. The number of carboxylic acids is 1. The molecule has 0 aliphatic carbocycles. The van der Waals surface area contributed by atoms with Gasteiger partial charge in [0.2, 0.25) is 0 Å². The van der Waals surface area contributed by atoms with Crippen LogP contribution in [0.1, 0.15) is 65.1 Å². The van der Waals surface area contributed by atoms with E-state index in [0.717, 1.165) is 11.5 Å². The molecule has 0 bridgehead atoms. The predicted molar refractivity (Wildman–Crippen MR) is 158 cm³/mol. The van der Waals surface area contributed by atoms with E-state index in [0.29, 0.717) is 16.3 Å². The molecule has 8 nitrogen and oxygen atoms in total. The number of rotatable bonds is 6. The summed E-state index contributed by atoms with van der Waals surface area (Å²) in [5.74, 6) is -0.282. The summed E-state index contributed by atoms with van der Waals surface area (Å²) in [5.41, 5.74) is 2.03. The average Bonchev–Trinajstić information content (AvgIpc) is 2.96. The Labute approximate surface area is 270 Å². The van der Waals surface area contributed by atoms with Gasteiger partial charge in [0.15, 0.2) is 5.91 Å². The van der Waals surface area contributed by atoms with Crippen molar-refractivity contribution in [3.05, 3.63) is 58.6 Å². The summed E-state index contributed by atoms with van der Waals surface area (Å²) in [4.78, 5) is 21.0. The van der Waals surface area contributed by atoms with Crippen molar-refractivity contribution in [2.24, 2.45) is 5.92 Å². The molecule has 217 valence electrons. The maximum atomic E-state index is 13.5. The van der Waals surface area contributed by atoms with Gasteiger partial charge in [-0.3, -0.25) is 13.9 Å². The van der Waals surface area contributed by atoms with Gasteiger partial charge in [0.25, 0.3) is 10.0 Å². The number of amides is 1. The van der Waals surface area contributed by atoms with Gasteiger partial charge >= 0.3 is 5.97 Å². The van der Waals surface area contributed by atoms with Crippen LogP contribution in [0.25, 0.3) is 0 Å². The SMILES string of the molecule is CC.CC(C)C.CCC(=O)O.CNC1c2ccccc2N(CCNC(=O)C[S-])S(=O)(=O)c2cc(Cl)ccc21.[Y]. The van der Waals surface area contributed by atoms with Crippen molar-refractivity contribution in [3.8, 4) is 0 Å². The Kier molecular flexibility index (Phi) is 21.2. The number of aliphatic carboxylic acids is 1. The van der Waals surface area contributed by atoms with Gasteiger partial charge in [-0.1, -0.05) is 83.2 Å². The first-order chi connectivity index (χ1) is 17.9. The number of para-hydroxylation sites is 1. The number of fused-ring (bicyclic) bond motifs is 2. The summed E-state index contributed by atoms with van der Waals surface area (Å²) in [6.45, 7) is 12.3. The molecular weight excluding hydrogens is 635 g/mol. The molecular formula is C27H41ClN3O5S2Y-. The van der Waals surface area contributed by atoms with E-state index in [4.69, 9.17) is 29.3 Å². The summed E-state index contributed by atoms with van der Waals surface area (Å²) in [6, 6.07) is 11.9. The van der Waals surface area contributed by atoms with Crippen molar-refractivity contribution in [3.63, 3.8) is 0 Å². The van der Waals surface area contributed by atoms with Crippen LogP contribution < -0.4 is 14.9 Å². The smallest absolute Gasteiger partial charge is 0.303 e. The Morgan fingerprint density at radius 2 is 1.64 bits per heavy atom. The van der Waals surface area contributed by atoms with Crippen molar-refractivity contribution in [2.75, 3.05) is 30.2 Å². The molecule has 0 saturated heterocycles. The van der Waals surface area contributed by atoms with Crippen LogP contribution in [0, 0.1) is 5.92 Å².